The number of carboxylic acids is 1. The van der Waals surface area contributed by atoms with Crippen LogP contribution in [0.4, 0.5) is 0 Å². The topological polar surface area (TPSA) is 75.2 Å². The number of H-pyrrole nitrogens is 1. The lowest BCUT2D eigenvalue weighted by Crippen LogP contribution is -2.04. The zero-order valence-electron chi connectivity index (χ0n) is 8.50. The van der Waals surface area contributed by atoms with Crippen molar-refractivity contribution in [2.24, 2.45) is 0 Å². The molecular weight excluding hydrogens is 184 g/mol. The number of ether oxygens (including phenoxy) is 1. The quantitative estimate of drug-likeness (QED) is 0.761. The van der Waals surface area contributed by atoms with Crippen molar-refractivity contribution < 1.29 is 14.6 Å². The number of hydrogen-bond acceptors (Lipinski definition) is 3. The van der Waals surface area contributed by atoms with Crippen LogP contribution in [0.25, 0.3) is 0 Å². The van der Waals surface area contributed by atoms with Crippen LogP contribution in [0.5, 0.6) is 5.88 Å². The van der Waals surface area contributed by atoms with Crippen molar-refractivity contribution in [2.45, 2.75) is 26.2 Å². The molecule has 0 bridgehead atoms. The fraction of sp³-hybridized carbons (Fsp3) is 0.556. The van der Waals surface area contributed by atoms with Crippen LogP contribution in [0.3, 0.4) is 0 Å². The van der Waals surface area contributed by atoms with Crippen molar-refractivity contribution in [1.82, 2.24) is 10.2 Å². The summed E-state index contributed by atoms with van der Waals surface area (Å²) >= 11 is 0. The van der Waals surface area contributed by atoms with Gasteiger partial charge in [-0.2, -0.15) is 0 Å². The molecule has 0 saturated heterocycles. The van der Waals surface area contributed by atoms with Gasteiger partial charge in [0.2, 0.25) is 5.88 Å². The first-order valence-electron chi connectivity index (χ1n) is 4.39. The summed E-state index contributed by atoms with van der Waals surface area (Å²) in [7, 11) is 1.48. The second-order valence-corrected chi connectivity index (χ2v) is 3.35. The SMILES string of the molecule is COc1n[nH]c(C(C)C)c1CC(=O)O. The molecule has 14 heavy (non-hydrogen) atoms. The summed E-state index contributed by atoms with van der Waals surface area (Å²) in [6, 6.07) is 0. The van der Waals surface area contributed by atoms with E-state index in [-0.39, 0.29) is 12.3 Å². The van der Waals surface area contributed by atoms with Gasteiger partial charge in [-0.25, -0.2) is 0 Å². The molecule has 1 heterocycles. The number of carbonyl (C=O) groups is 1. The van der Waals surface area contributed by atoms with Gasteiger partial charge in [0, 0.05) is 11.3 Å². The maximum Gasteiger partial charge on any atom is 0.308 e. The standard InChI is InChI=1S/C9H14N2O3/c1-5(2)8-6(4-7(12)13)9(14-3)11-10-8/h5H,4H2,1-3H3,(H,10,11)(H,12,13). The molecule has 0 aliphatic rings. The highest BCUT2D eigenvalue weighted by molar-refractivity contribution is 5.71. The fourth-order valence-corrected chi connectivity index (χ4v) is 1.33. The maximum absolute atomic E-state index is 10.6. The number of aromatic nitrogens is 2. The molecule has 5 nitrogen and oxygen atoms in total. The van der Waals surface area contributed by atoms with Crippen molar-refractivity contribution >= 4 is 5.97 Å². The highest BCUT2D eigenvalue weighted by Crippen LogP contribution is 2.25. The first-order chi connectivity index (χ1) is 6.56. The van der Waals surface area contributed by atoms with E-state index in [0.717, 1.165) is 5.69 Å². The third-order valence-electron chi connectivity index (χ3n) is 1.96. The summed E-state index contributed by atoms with van der Waals surface area (Å²) in [5.41, 5.74) is 1.46. The average Bonchev–Trinajstić information content (AvgIpc) is 2.46. The molecule has 0 unspecified atom stereocenters. The summed E-state index contributed by atoms with van der Waals surface area (Å²) in [6.07, 6.45) is -0.0623. The van der Waals surface area contributed by atoms with Gasteiger partial charge in [-0.1, -0.05) is 13.8 Å². The third-order valence-corrected chi connectivity index (χ3v) is 1.96. The van der Waals surface area contributed by atoms with Gasteiger partial charge in [-0.15, -0.1) is 5.10 Å². The second kappa shape index (κ2) is 4.13. The number of methoxy groups -OCH3 is 1. The van der Waals surface area contributed by atoms with E-state index < -0.39 is 5.97 Å². The van der Waals surface area contributed by atoms with Gasteiger partial charge in [-0.3, -0.25) is 9.89 Å². The molecule has 0 aliphatic heterocycles. The molecule has 78 valence electrons. The minimum atomic E-state index is -0.883. The number of aromatic amines is 1. The Morgan fingerprint density at radius 3 is 2.71 bits per heavy atom. The van der Waals surface area contributed by atoms with Gasteiger partial charge in [0.25, 0.3) is 0 Å². The van der Waals surface area contributed by atoms with Gasteiger partial charge >= 0.3 is 5.97 Å². The first-order valence-corrected chi connectivity index (χ1v) is 4.39. The van der Waals surface area contributed by atoms with Crippen LogP contribution in [-0.4, -0.2) is 28.4 Å². The smallest absolute Gasteiger partial charge is 0.308 e. The molecule has 0 aromatic carbocycles. The molecule has 1 aromatic heterocycles. The Morgan fingerprint density at radius 1 is 1.64 bits per heavy atom. The molecule has 0 saturated carbocycles. The monoisotopic (exact) mass is 198 g/mol. The molecule has 0 spiro atoms. The predicted molar refractivity (Wildman–Crippen MR) is 50.6 cm³/mol. The summed E-state index contributed by atoms with van der Waals surface area (Å²) in [5.74, 6) is -0.302. The molecule has 0 radical (unpaired) electrons. The van der Waals surface area contributed by atoms with Crippen molar-refractivity contribution in [2.75, 3.05) is 7.11 Å². The van der Waals surface area contributed by atoms with Crippen molar-refractivity contribution in [1.29, 1.82) is 0 Å². The summed E-state index contributed by atoms with van der Waals surface area (Å²) in [5, 5.41) is 15.4. The normalized spacial score (nSPS) is 10.6. The van der Waals surface area contributed by atoms with Crippen LogP contribution in [0, 0.1) is 0 Å². The molecule has 0 amide bonds. The number of carboxylic acid groups (broad SMARTS) is 1. The Bertz CT molecular complexity index is 331. The summed E-state index contributed by atoms with van der Waals surface area (Å²) in [4.78, 5) is 10.6. The molecule has 1 rings (SSSR count). The average molecular weight is 198 g/mol. The largest absolute Gasteiger partial charge is 0.481 e. The lowest BCUT2D eigenvalue weighted by Gasteiger charge is -2.04. The van der Waals surface area contributed by atoms with Gasteiger partial charge in [0.15, 0.2) is 0 Å². The zero-order valence-corrected chi connectivity index (χ0v) is 8.50. The maximum atomic E-state index is 10.6. The predicted octanol–water partition coefficient (Wildman–Crippen LogP) is 1.17. The second-order valence-electron chi connectivity index (χ2n) is 3.35. The number of rotatable bonds is 4. The van der Waals surface area contributed by atoms with Crippen LogP contribution in [0.15, 0.2) is 0 Å². The molecular formula is C9H14N2O3. The van der Waals surface area contributed by atoms with Crippen LogP contribution >= 0.6 is 0 Å². The van der Waals surface area contributed by atoms with E-state index in [1.807, 2.05) is 13.8 Å². The van der Waals surface area contributed by atoms with Crippen LogP contribution in [-0.2, 0) is 11.2 Å². The number of nitrogens with zero attached hydrogens (tertiary/aromatic N) is 1. The molecule has 1 aromatic rings. The first kappa shape index (κ1) is 10.6. The summed E-state index contributed by atoms with van der Waals surface area (Å²) in [6.45, 7) is 3.94. The highest BCUT2D eigenvalue weighted by atomic mass is 16.5. The molecule has 2 N–H and O–H groups in total. The van der Waals surface area contributed by atoms with Crippen LogP contribution < -0.4 is 4.74 Å². The van der Waals surface area contributed by atoms with E-state index >= 15 is 0 Å². The number of nitrogens with one attached hydrogen (secondary N) is 1. The molecule has 5 heteroatoms. The van der Waals surface area contributed by atoms with Gasteiger partial charge < -0.3 is 9.84 Å². The number of hydrogen-bond donors (Lipinski definition) is 2. The molecule has 0 atom stereocenters. The zero-order chi connectivity index (χ0) is 10.7. The summed E-state index contributed by atoms with van der Waals surface area (Å²) < 4.78 is 4.97. The number of aliphatic carboxylic acids is 1. The fourth-order valence-electron chi connectivity index (χ4n) is 1.33. The van der Waals surface area contributed by atoms with E-state index in [0.29, 0.717) is 11.4 Å². The van der Waals surface area contributed by atoms with Crippen molar-refractivity contribution in [3.63, 3.8) is 0 Å². The van der Waals surface area contributed by atoms with Crippen LogP contribution in [0.2, 0.25) is 0 Å². The lowest BCUT2D eigenvalue weighted by atomic mass is 10.0. The third kappa shape index (κ3) is 2.04. The highest BCUT2D eigenvalue weighted by Gasteiger charge is 2.18. The Hall–Kier alpha value is -1.52. The van der Waals surface area contributed by atoms with E-state index in [1.54, 1.807) is 0 Å². The van der Waals surface area contributed by atoms with Gasteiger partial charge in [-0.05, 0) is 5.92 Å². The van der Waals surface area contributed by atoms with Gasteiger partial charge in [0.1, 0.15) is 0 Å². The molecule has 0 fully saturated rings. The van der Waals surface area contributed by atoms with E-state index in [2.05, 4.69) is 10.2 Å². The Labute approximate surface area is 82.1 Å². The van der Waals surface area contributed by atoms with E-state index in [9.17, 15) is 4.79 Å². The minimum Gasteiger partial charge on any atom is -0.481 e. The minimum absolute atomic E-state index is 0.0623. The van der Waals surface area contributed by atoms with Crippen molar-refractivity contribution in [3.05, 3.63) is 11.3 Å². The van der Waals surface area contributed by atoms with Crippen molar-refractivity contribution in [3.8, 4) is 5.88 Å². The van der Waals surface area contributed by atoms with E-state index in [1.165, 1.54) is 7.11 Å². The Morgan fingerprint density at radius 2 is 2.29 bits per heavy atom. The molecule has 0 aliphatic carbocycles. The Balaban J connectivity index is 3.05. The van der Waals surface area contributed by atoms with Crippen LogP contribution in [0.1, 0.15) is 31.0 Å². The van der Waals surface area contributed by atoms with Gasteiger partial charge in [0.05, 0.1) is 13.5 Å². The van der Waals surface area contributed by atoms with E-state index in [4.69, 9.17) is 9.84 Å². The lowest BCUT2D eigenvalue weighted by molar-refractivity contribution is -0.136. The Kier molecular flexibility index (Phi) is 3.11.